The molecule has 1 aliphatic heterocycles. The van der Waals surface area contributed by atoms with Crippen molar-refractivity contribution in [3.05, 3.63) is 59.7 Å². The van der Waals surface area contributed by atoms with Crippen LogP contribution in [0.3, 0.4) is 0 Å². The number of amides is 1. The molecule has 1 N–H and O–H groups in total. The molecule has 0 unspecified atom stereocenters. The van der Waals surface area contributed by atoms with Crippen LogP contribution in [-0.4, -0.2) is 54.0 Å². The van der Waals surface area contributed by atoms with E-state index in [-0.39, 0.29) is 32.1 Å². The predicted molar refractivity (Wildman–Crippen MR) is 106 cm³/mol. The number of terminal acetylenes is 1. The van der Waals surface area contributed by atoms with Crippen molar-refractivity contribution in [2.24, 2.45) is 0 Å². The summed E-state index contributed by atoms with van der Waals surface area (Å²) in [4.78, 5) is 25.5. The fraction of sp³-hybridized carbons (Fsp3) is 0.304. The normalized spacial score (nSPS) is 20.0. The van der Waals surface area contributed by atoms with E-state index in [1.165, 1.54) is 4.90 Å². The van der Waals surface area contributed by atoms with Gasteiger partial charge in [-0.2, -0.15) is 0 Å². The van der Waals surface area contributed by atoms with E-state index in [1.54, 1.807) is 0 Å². The van der Waals surface area contributed by atoms with Crippen LogP contribution in [0.2, 0.25) is 0 Å². The zero-order valence-electron chi connectivity index (χ0n) is 15.8. The molecule has 2 aliphatic rings. The molecule has 6 nitrogen and oxygen atoms in total. The molecule has 2 aromatic rings. The van der Waals surface area contributed by atoms with Crippen LogP contribution in [-0.2, 0) is 14.3 Å². The highest BCUT2D eigenvalue weighted by atomic mass is 16.6. The number of ether oxygens (including phenoxy) is 2. The zero-order valence-corrected chi connectivity index (χ0v) is 15.8. The van der Waals surface area contributed by atoms with Crippen molar-refractivity contribution < 1.29 is 24.2 Å². The summed E-state index contributed by atoms with van der Waals surface area (Å²) in [6.07, 6.45) is 4.33. The highest BCUT2D eigenvalue weighted by molar-refractivity contribution is 5.81. The molecule has 2 aromatic carbocycles. The Bertz CT molecular complexity index is 934. The van der Waals surface area contributed by atoms with Crippen LogP contribution in [0.1, 0.15) is 23.5 Å². The first-order chi connectivity index (χ1) is 14.1. The number of fused-ring (bicyclic) bond motifs is 3. The lowest BCUT2D eigenvalue weighted by Crippen LogP contribution is -2.41. The van der Waals surface area contributed by atoms with Gasteiger partial charge in [-0.25, -0.2) is 9.59 Å². The summed E-state index contributed by atoms with van der Waals surface area (Å²) in [5, 5.41) is 9.47. The first-order valence-corrected chi connectivity index (χ1v) is 9.49. The first kappa shape index (κ1) is 19.0. The van der Waals surface area contributed by atoms with Crippen LogP contribution < -0.4 is 0 Å². The molecule has 0 radical (unpaired) electrons. The van der Waals surface area contributed by atoms with Crippen molar-refractivity contribution in [3.63, 3.8) is 0 Å². The van der Waals surface area contributed by atoms with E-state index < -0.39 is 24.2 Å². The van der Waals surface area contributed by atoms with Crippen LogP contribution in [0.25, 0.3) is 11.1 Å². The minimum Gasteiger partial charge on any atom is -0.480 e. The maximum absolute atomic E-state index is 12.7. The molecule has 0 bridgehead atoms. The minimum absolute atomic E-state index is 0.0780. The standard InChI is InChI=1S/C23H21NO5/c1-2-11-28-15-12-21(22(25)26)24(13-15)23(27)29-14-20-18-9-5-3-7-16(18)17-8-4-6-10-19(17)20/h1,3-10,15,20-21H,11-14H2,(H,25,26)/t15-,21+/m1/s1. The monoisotopic (exact) mass is 391 g/mol. The van der Waals surface area contributed by atoms with Crippen molar-refractivity contribution in [3.8, 4) is 23.5 Å². The second-order valence-corrected chi connectivity index (χ2v) is 7.18. The number of benzene rings is 2. The minimum atomic E-state index is -1.08. The summed E-state index contributed by atoms with van der Waals surface area (Å²) in [5.74, 6) is 1.20. The second-order valence-electron chi connectivity index (χ2n) is 7.18. The summed E-state index contributed by atoms with van der Waals surface area (Å²) < 4.78 is 11.0. The third kappa shape index (κ3) is 3.57. The molecule has 1 heterocycles. The topological polar surface area (TPSA) is 76.1 Å². The third-order valence-electron chi connectivity index (χ3n) is 5.52. The van der Waals surface area contributed by atoms with Gasteiger partial charge in [-0.3, -0.25) is 4.90 Å². The maximum Gasteiger partial charge on any atom is 0.410 e. The third-order valence-corrected chi connectivity index (χ3v) is 5.52. The smallest absolute Gasteiger partial charge is 0.410 e. The largest absolute Gasteiger partial charge is 0.480 e. The van der Waals surface area contributed by atoms with Crippen LogP contribution in [0.15, 0.2) is 48.5 Å². The molecule has 0 spiro atoms. The number of carboxylic acids is 1. The molecule has 4 rings (SSSR count). The first-order valence-electron chi connectivity index (χ1n) is 9.49. The highest BCUT2D eigenvalue weighted by Crippen LogP contribution is 2.44. The lowest BCUT2D eigenvalue weighted by Gasteiger charge is -2.22. The Balaban J connectivity index is 1.48. The van der Waals surface area contributed by atoms with Crippen molar-refractivity contribution in [2.75, 3.05) is 19.8 Å². The van der Waals surface area contributed by atoms with Gasteiger partial charge in [-0.1, -0.05) is 54.5 Å². The van der Waals surface area contributed by atoms with Gasteiger partial charge in [0, 0.05) is 12.3 Å². The highest BCUT2D eigenvalue weighted by Gasteiger charge is 2.41. The average Bonchev–Trinajstić information content (AvgIpc) is 3.30. The van der Waals surface area contributed by atoms with E-state index in [1.807, 2.05) is 36.4 Å². The number of nitrogens with zero attached hydrogens (tertiary/aromatic N) is 1. The van der Waals surface area contributed by atoms with Gasteiger partial charge >= 0.3 is 12.1 Å². The van der Waals surface area contributed by atoms with Crippen molar-refractivity contribution in [1.29, 1.82) is 0 Å². The van der Waals surface area contributed by atoms with Gasteiger partial charge in [-0.05, 0) is 22.3 Å². The summed E-state index contributed by atoms with van der Waals surface area (Å²) >= 11 is 0. The van der Waals surface area contributed by atoms with Crippen LogP contribution in [0.5, 0.6) is 0 Å². The molecule has 0 aromatic heterocycles. The molecule has 1 saturated heterocycles. The van der Waals surface area contributed by atoms with E-state index >= 15 is 0 Å². The van der Waals surface area contributed by atoms with E-state index in [0.717, 1.165) is 22.3 Å². The summed E-state index contributed by atoms with van der Waals surface area (Å²) in [7, 11) is 0. The van der Waals surface area contributed by atoms with E-state index in [4.69, 9.17) is 15.9 Å². The predicted octanol–water partition coefficient (Wildman–Crippen LogP) is 3.11. The van der Waals surface area contributed by atoms with E-state index in [2.05, 4.69) is 18.1 Å². The summed E-state index contributed by atoms with van der Waals surface area (Å²) in [5.41, 5.74) is 4.48. The van der Waals surface area contributed by atoms with Crippen molar-refractivity contribution >= 4 is 12.1 Å². The molecule has 1 aliphatic carbocycles. The van der Waals surface area contributed by atoms with Crippen molar-refractivity contribution in [1.82, 2.24) is 4.90 Å². The summed E-state index contributed by atoms with van der Waals surface area (Å²) in [6, 6.07) is 15.1. The van der Waals surface area contributed by atoms with Gasteiger partial charge in [0.1, 0.15) is 19.3 Å². The van der Waals surface area contributed by atoms with Gasteiger partial charge in [-0.15, -0.1) is 6.42 Å². The van der Waals surface area contributed by atoms with Crippen LogP contribution in [0.4, 0.5) is 4.79 Å². The fourth-order valence-electron chi connectivity index (χ4n) is 4.20. The number of hydrogen-bond acceptors (Lipinski definition) is 4. The van der Waals surface area contributed by atoms with Gasteiger partial charge in [0.2, 0.25) is 0 Å². The van der Waals surface area contributed by atoms with Crippen molar-refractivity contribution in [2.45, 2.75) is 24.5 Å². The van der Waals surface area contributed by atoms with E-state index in [9.17, 15) is 14.7 Å². The molecule has 0 saturated carbocycles. The number of likely N-dealkylation sites (tertiary alicyclic amines) is 1. The SMILES string of the molecule is C#CCO[C@@H]1C[C@@H](C(=O)O)N(C(=O)OCC2c3ccccc3-c3ccccc32)C1. The fourth-order valence-corrected chi connectivity index (χ4v) is 4.20. The number of carbonyl (C=O) groups excluding carboxylic acids is 1. The zero-order chi connectivity index (χ0) is 20.4. The molecule has 2 atom stereocenters. The Morgan fingerprint density at radius 2 is 1.72 bits per heavy atom. The number of carboxylic acid groups (broad SMARTS) is 1. The molecular formula is C23H21NO5. The van der Waals surface area contributed by atoms with E-state index in [0.29, 0.717) is 0 Å². The number of carbonyl (C=O) groups is 2. The Morgan fingerprint density at radius 3 is 2.31 bits per heavy atom. The molecular weight excluding hydrogens is 370 g/mol. The number of rotatable bonds is 5. The number of aliphatic carboxylic acids is 1. The summed E-state index contributed by atoms with van der Waals surface area (Å²) in [6.45, 7) is 0.371. The van der Waals surface area contributed by atoms with Crippen LogP contribution in [0, 0.1) is 12.3 Å². The number of hydrogen-bond donors (Lipinski definition) is 1. The molecule has 6 heteroatoms. The molecule has 148 valence electrons. The van der Waals surface area contributed by atoms with Gasteiger partial charge in [0.15, 0.2) is 0 Å². The van der Waals surface area contributed by atoms with Gasteiger partial charge in [0.05, 0.1) is 12.6 Å². The average molecular weight is 391 g/mol. The Labute approximate surface area is 169 Å². The maximum atomic E-state index is 12.7. The molecule has 1 amide bonds. The van der Waals surface area contributed by atoms with Gasteiger partial charge in [0.25, 0.3) is 0 Å². The quantitative estimate of drug-likeness (QED) is 0.793. The Kier molecular flexibility index (Phi) is 5.24. The lowest BCUT2D eigenvalue weighted by molar-refractivity contribution is -0.141. The van der Waals surface area contributed by atoms with Gasteiger partial charge < -0.3 is 14.6 Å². The molecule has 29 heavy (non-hydrogen) atoms. The second kappa shape index (κ2) is 7.98. The Morgan fingerprint density at radius 1 is 1.10 bits per heavy atom. The lowest BCUT2D eigenvalue weighted by atomic mass is 9.98. The Hall–Kier alpha value is -3.30. The molecule has 1 fully saturated rings. The van der Waals surface area contributed by atoms with Crippen LogP contribution >= 0.6 is 0 Å².